The number of nitrogens with zero attached hydrogens (tertiary/aromatic N) is 2. The topological polar surface area (TPSA) is 86.8 Å². The number of carbonyl (C=O) groups is 2. The summed E-state index contributed by atoms with van der Waals surface area (Å²) in [5.74, 6) is -2.01. The van der Waals surface area contributed by atoms with Crippen molar-refractivity contribution in [1.29, 1.82) is 0 Å². The third-order valence-corrected chi connectivity index (χ3v) is 8.39. The van der Waals surface area contributed by atoms with E-state index in [1.807, 2.05) is 0 Å². The summed E-state index contributed by atoms with van der Waals surface area (Å²) >= 11 is 12.4. The van der Waals surface area contributed by atoms with E-state index in [0.29, 0.717) is 10.6 Å². The monoisotopic (exact) mass is 607 g/mol. The second-order valence-corrected chi connectivity index (χ2v) is 13.2. The number of anilines is 1. The number of aryl methyl sites for hydroxylation is 1. The number of amides is 2. The molecular formula is C29H32Cl2FN3O4S. The van der Waals surface area contributed by atoms with Gasteiger partial charge in [0.2, 0.25) is 11.8 Å². The fourth-order valence-electron chi connectivity index (χ4n) is 3.89. The van der Waals surface area contributed by atoms with Gasteiger partial charge >= 0.3 is 0 Å². The van der Waals surface area contributed by atoms with Crippen LogP contribution in [0.1, 0.15) is 38.8 Å². The van der Waals surface area contributed by atoms with Gasteiger partial charge in [-0.2, -0.15) is 0 Å². The number of para-hydroxylation sites is 1. The molecule has 0 radical (unpaired) electrons. The maximum atomic E-state index is 15.0. The average molecular weight is 609 g/mol. The number of benzene rings is 3. The molecule has 0 saturated carbocycles. The van der Waals surface area contributed by atoms with Crippen LogP contribution in [0.15, 0.2) is 71.6 Å². The number of hydrogen-bond donors (Lipinski definition) is 1. The zero-order valence-electron chi connectivity index (χ0n) is 22.9. The van der Waals surface area contributed by atoms with E-state index in [-0.39, 0.29) is 22.2 Å². The van der Waals surface area contributed by atoms with Crippen LogP contribution in [0.2, 0.25) is 10.0 Å². The van der Waals surface area contributed by atoms with Crippen molar-refractivity contribution < 1.29 is 22.4 Å². The minimum atomic E-state index is -4.38. The van der Waals surface area contributed by atoms with E-state index < -0.39 is 45.8 Å². The lowest BCUT2D eigenvalue weighted by atomic mass is 10.1. The molecule has 3 aromatic carbocycles. The van der Waals surface area contributed by atoms with Crippen LogP contribution in [0.25, 0.3) is 0 Å². The summed E-state index contributed by atoms with van der Waals surface area (Å²) in [6.07, 6.45) is 0. The van der Waals surface area contributed by atoms with E-state index in [0.717, 1.165) is 15.9 Å². The van der Waals surface area contributed by atoms with Crippen LogP contribution in [0.4, 0.5) is 10.1 Å². The van der Waals surface area contributed by atoms with Crippen molar-refractivity contribution in [2.45, 2.75) is 57.6 Å². The van der Waals surface area contributed by atoms with Gasteiger partial charge in [-0.15, -0.1) is 0 Å². The summed E-state index contributed by atoms with van der Waals surface area (Å²) in [5.41, 5.74) is 0.435. The van der Waals surface area contributed by atoms with Gasteiger partial charge in [-0.05, 0) is 76.6 Å². The van der Waals surface area contributed by atoms with Crippen LogP contribution in [0.5, 0.6) is 0 Å². The number of rotatable bonds is 9. The Hall–Kier alpha value is -3.14. The second-order valence-electron chi connectivity index (χ2n) is 10.4. The summed E-state index contributed by atoms with van der Waals surface area (Å²) in [7, 11) is -4.38. The van der Waals surface area contributed by atoms with E-state index in [4.69, 9.17) is 23.2 Å². The Morgan fingerprint density at radius 3 is 2.20 bits per heavy atom. The largest absolute Gasteiger partial charge is 0.350 e. The molecule has 0 unspecified atom stereocenters. The number of sulfonamides is 1. The van der Waals surface area contributed by atoms with E-state index in [1.165, 1.54) is 48.2 Å². The summed E-state index contributed by atoms with van der Waals surface area (Å²) in [5, 5.41) is 3.50. The molecule has 0 fully saturated rings. The second kappa shape index (κ2) is 12.6. The molecule has 1 N–H and O–H groups in total. The van der Waals surface area contributed by atoms with E-state index in [1.54, 1.807) is 52.0 Å². The SMILES string of the molecule is Cc1ccc(S(=O)(=O)N(CC(=O)N(Cc2ccc(Cl)cc2Cl)[C@H](C)C(=O)NC(C)(C)C)c2ccccc2F)cc1. The third-order valence-electron chi connectivity index (χ3n) is 6.03. The van der Waals surface area contributed by atoms with Crippen molar-refractivity contribution >= 4 is 50.7 Å². The number of nitrogens with one attached hydrogen (secondary N) is 1. The zero-order valence-corrected chi connectivity index (χ0v) is 25.2. The van der Waals surface area contributed by atoms with Gasteiger partial charge < -0.3 is 10.2 Å². The van der Waals surface area contributed by atoms with Crippen molar-refractivity contribution in [2.75, 3.05) is 10.8 Å². The lowest BCUT2D eigenvalue weighted by Gasteiger charge is -2.33. The Kier molecular flexibility index (Phi) is 9.87. The van der Waals surface area contributed by atoms with Crippen LogP contribution < -0.4 is 9.62 Å². The van der Waals surface area contributed by atoms with E-state index in [9.17, 15) is 22.4 Å². The van der Waals surface area contributed by atoms with Gasteiger partial charge in [-0.3, -0.25) is 13.9 Å². The summed E-state index contributed by atoms with van der Waals surface area (Å²) in [6.45, 7) is 7.84. The summed E-state index contributed by atoms with van der Waals surface area (Å²) < 4.78 is 43.2. The smallest absolute Gasteiger partial charge is 0.264 e. The summed E-state index contributed by atoms with van der Waals surface area (Å²) in [4.78, 5) is 28.2. The lowest BCUT2D eigenvalue weighted by Crippen LogP contribution is -2.54. The van der Waals surface area contributed by atoms with Crippen LogP contribution in [-0.4, -0.2) is 43.3 Å². The van der Waals surface area contributed by atoms with Crippen molar-refractivity contribution in [3.63, 3.8) is 0 Å². The number of halogens is 3. The Labute approximate surface area is 244 Å². The maximum Gasteiger partial charge on any atom is 0.264 e. The predicted molar refractivity (Wildman–Crippen MR) is 156 cm³/mol. The molecule has 0 aliphatic heterocycles. The predicted octanol–water partition coefficient (Wildman–Crippen LogP) is 5.97. The van der Waals surface area contributed by atoms with Crippen molar-refractivity contribution in [3.05, 3.63) is 93.7 Å². The van der Waals surface area contributed by atoms with Gasteiger partial charge in [-0.25, -0.2) is 12.8 Å². The highest BCUT2D eigenvalue weighted by Crippen LogP contribution is 2.28. The fourth-order valence-corrected chi connectivity index (χ4v) is 5.79. The summed E-state index contributed by atoms with van der Waals surface area (Å²) in [6, 6.07) is 15.0. The van der Waals surface area contributed by atoms with E-state index >= 15 is 0 Å². The minimum absolute atomic E-state index is 0.111. The van der Waals surface area contributed by atoms with Gasteiger partial charge in [0.15, 0.2) is 0 Å². The molecule has 0 spiro atoms. The molecule has 40 heavy (non-hydrogen) atoms. The van der Waals surface area contributed by atoms with Gasteiger partial charge in [0, 0.05) is 22.1 Å². The van der Waals surface area contributed by atoms with Crippen LogP contribution >= 0.6 is 23.2 Å². The first kappa shape index (κ1) is 31.4. The first-order valence-corrected chi connectivity index (χ1v) is 14.7. The zero-order chi connectivity index (χ0) is 29.8. The molecule has 0 saturated heterocycles. The Morgan fingerprint density at radius 1 is 1.00 bits per heavy atom. The van der Waals surface area contributed by atoms with Crippen LogP contribution in [0.3, 0.4) is 0 Å². The van der Waals surface area contributed by atoms with Crippen molar-refractivity contribution in [3.8, 4) is 0 Å². The molecule has 3 rings (SSSR count). The third kappa shape index (κ3) is 7.74. The quantitative estimate of drug-likeness (QED) is 0.325. The highest BCUT2D eigenvalue weighted by atomic mass is 35.5. The molecule has 0 aromatic heterocycles. The fraction of sp³-hybridized carbons (Fsp3) is 0.310. The molecule has 0 aliphatic carbocycles. The maximum absolute atomic E-state index is 15.0. The van der Waals surface area contributed by atoms with Gasteiger partial charge in [-0.1, -0.05) is 59.1 Å². The standard InChI is InChI=1S/C29H32Cl2FN3O4S/c1-19-10-14-23(15-11-19)40(38,39)35(26-9-7-6-8-25(26)32)18-27(36)34(20(2)28(37)33-29(3,4)5)17-21-12-13-22(30)16-24(21)31/h6-16,20H,17-18H2,1-5H3,(H,33,37)/t20-/m1/s1. The molecular weight excluding hydrogens is 576 g/mol. The highest BCUT2D eigenvalue weighted by molar-refractivity contribution is 7.92. The molecule has 3 aromatic rings. The molecule has 0 aliphatic rings. The van der Waals surface area contributed by atoms with Crippen molar-refractivity contribution in [2.24, 2.45) is 0 Å². The molecule has 7 nitrogen and oxygen atoms in total. The van der Waals surface area contributed by atoms with Crippen LogP contribution in [0, 0.1) is 12.7 Å². The molecule has 0 heterocycles. The number of carbonyl (C=O) groups excluding carboxylic acids is 2. The number of hydrogen-bond acceptors (Lipinski definition) is 4. The van der Waals surface area contributed by atoms with Crippen molar-refractivity contribution in [1.82, 2.24) is 10.2 Å². The first-order chi connectivity index (χ1) is 18.6. The van der Waals surface area contributed by atoms with Gasteiger partial charge in [0.05, 0.1) is 10.6 Å². The van der Waals surface area contributed by atoms with Crippen LogP contribution in [-0.2, 0) is 26.2 Å². The molecule has 2 amide bonds. The molecule has 11 heteroatoms. The first-order valence-electron chi connectivity index (χ1n) is 12.5. The highest BCUT2D eigenvalue weighted by Gasteiger charge is 2.34. The average Bonchev–Trinajstić information content (AvgIpc) is 2.86. The van der Waals surface area contributed by atoms with Gasteiger partial charge in [0.25, 0.3) is 10.0 Å². The molecule has 1 atom stereocenters. The van der Waals surface area contributed by atoms with E-state index in [2.05, 4.69) is 5.32 Å². The molecule has 214 valence electrons. The Balaban J connectivity index is 2.07. The minimum Gasteiger partial charge on any atom is -0.350 e. The Morgan fingerprint density at radius 2 is 1.62 bits per heavy atom. The normalized spacial score (nSPS) is 12.5. The molecule has 0 bridgehead atoms. The lowest BCUT2D eigenvalue weighted by molar-refractivity contribution is -0.140. The Bertz CT molecular complexity index is 1490. The van der Waals surface area contributed by atoms with Gasteiger partial charge in [0.1, 0.15) is 18.4 Å².